The number of hydrogen-bond acceptors (Lipinski definition) is 3. The van der Waals surface area contributed by atoms with E-state index in [4.69, 9.17) is 23.2 Å². The number of carbonyl (C=O) groups excluding carboxylic acids is 1. The highest BCUT2D eigenvalue weighted by Crippen LogP contribution is 2.25. The highest BCUT2D eigenvalue weighted by Gasteiger charge is 2.16. The second-order valence-corrected chi connectivity index (χ2v) is 7.20. The molecular weight excluding hydrogens is 429 g/mol. The molecule has 0 atom stereocenters. The second-order valence-electron chi connectivity index (χ2n) is 5.53. The zero-order valence-corrected chi connectivity index (χ0v) is 16.5. The van der Waals surface area contributed by atoms with E-state index in [1.54, 1.807) is 47.9 Å². The number of halogens is 3. The number of rotatable bonds is 4. The van der Waals surface area contributed by atoms with Crippen molar-refractivity contribution in [1.29, 1.82) is 0 Å². The standard InChI is InChI=1S/C16H14BrCl2N5O/c1-9-11(7-23(2)21-9)16(25)20-15-12(17)8-24(22-15)6-10-3-4-13(18)14(19)5-10/h3-5,7-8H,6H2,1-2H3,(H,20,22,25). The summed E-state index contributed by atoms with van der Waals surface area (Å²) in [5, 5.41) is 12.3. The fourth-order valence-corrected chi connectivity index (χ4v) is 3.12. The largest absolute Gasteiger partial charge is 0.304 e. The van der Waals surface area contributed by atoms with Crippen LogP contribution in [-0.4, -0.2) is 25.5 Å². The van der Waals surface area contributed by atoms with Crippen LogP contribution in [0.1, 0.15) is 21.6 Å². The van der Waals surface area contributed by atoms with Crippen molar-refractivity contribution in [3.63, 3.8) is 0 Å². The van der Waals surface area contributed by atoms with Crippen molar-refractivity contribution in [2.24, 2.45) is 7.05 Å². The molecule has 1 amide bonds. The predicted molar refractivity (Wildman–Crippen MR) is 101 cm³/mol. The molecule has 0 unspecified atom stereocenters. The fourth-order valence-electron chi connectivity index (χ4n) is 2.39. The first kappa shape index (κ1) is 18.0. The maximum absolute atomic E-state index is 12.4. The molecule has 6 nitrogen and oxygen atoms in total. The number of anilines is 1. The minimum absolute atomic E-state index is 0.258. The van der Waals surface area contributed by atoms with E-state index in [1.165, 1.54) is 0 Å². The molecule has 0 saturated carbocycles. The van der Waals surface area contributed by atoms with E-state index in [0.717, 1.165) is 5.56 Å². The van der Waals surface area contributed by atoms with Gasteiger partial charge in [0.25, 0.3) is 5.91 Å². The highest BCUT2D eigenvalue weighted by molar-refractivity contribution is 9.10. The Balaban J connectivity index is 1.77. The normalized spacial score (nSPS) is 10.9. The Morgan fingerprint density at radius 3 is 2.64 bits per heavy atom. The van der Waals surface area contributed by atoms with Crippen LogP contribution in [0.25, 0.3) is 0 Å². The fraction of sp³-hybridized carbons (Fsp3) is 0.188. The molecule has 3 aromatic rings. The Hall–Kier alpha value is -1.83. The van der Waals surface area contributed by atoms with Crippen LogP contribution in [0.15, 0.2) is 35.1 Å². The monoisotopic (exact) mass is 441 g/mol. The Morgan fingerprint density at radius 1 is 1.24 bits per heavy atom. The Kier molecular flexibility index (Phi) is 5.17. The SMILES string of the molecule is Cc1nn(C)cc1C(=O)Nc1nn(Cc2ccc(Cl)c(Cl)c2)cc1Br. The topological polar surface area (TPSA) is 64.7 Å². The maximum Gasteiger partial charge on any atom is 0.260 e. The minimum atomic E-state index is -0.258. The van der Waals surface area contributed by atoms with Crippen molar-refractivity contribution in [1.82, 2.24) is 19.6 Å². The van der Waals surface area contributed by atoms with E-state index in [2.05, 4.69) is 31.4 Å². The van der Waals surface area contributed by atoms with E-state index >= 15 is 0 Å². The smallest absolute Gasteiger partial charge is 0.260 e. The summed E-state index contributed by atoms with van der Waals surface area (Å²) < 4.78 is 3.99. The molecule has 0 aliphatic rings. The van der Waals surface area contributed by atoms with Crippen LogP contribution in [0.3, 0.4) is 0 Å². The summed E-state index contributed by atoms with van der Waals surface area (Å²) in [6, 6.07) is 5.41. The number of amides is 1. The average Bonchev–Trinajstić information content (AvgIpc) is 3.05. The van der Waals surface area contributed by atoms with E-state index < -0.39 is 0 Å². The third-order valence-corrected chi connectivity index (χ3v) is 4.85. The van der Waals surface area contributed by atoms with Crippen molar-refractivity contribution < 1.29 is 4.79 Å². The van der Waals surface area contributed by atoms with Crippen LogP contribution in [-0.2, 0) is 13.6 Å². The molecule has 130 valence electrons. The number of nitrogens with one attached hydrogen (secondary N) is 1. The molecule has 2 heterocycles. The van der Waals surface area contributed by atoms with Gasteiger partial charge in [-0.2, -0.15) is 10.2 Å². The van der Waals surface area contributed by atoms with Crippen molar-refractivity contribution in [3.8, 4) is 0 Å². The molecule has 0 bridgehead atoms. The first-order valence-electron chi connectivity index (χ1n) is 7.32. The average molecular weight is 443 g/mol. The van der Waals surface area contributed by atoms with Gasteiger partial charge in [0, 0.05) is 19.4 Å². The first-order chi connectivity index (χ1) is 11.8. The summed E-state index contributed by atoms with van der Waals surface area (Å²) in [5.41, 5.74) is 2.12. The van der Waals surface area contributed by atoms with Crippen LogP contribution < -0.4 is 5.32 Å². The van der Waals surface area contributed by atoms with Crippen LogP contribution in [0.5, 0.6) is 0 Å². The zero-order valence-electron chi connectivity index (χ0n) is 13.4. The lowest BCUT2D eigenvalue weighted by Crippen LogP contribution is -2.13. The summed E-state index contributed by atoms with van der Waals surface area (Å²) >= 11 is 15.4. The lowest BCUT2D eigenvalue weighted by molar-refractivity contribution is 0.102. The Morgan fingerprint density at radius 2 is 2.00 bits per heavy atom. The van der Waals surface area contributed by atoms with Gasteiger partial charge in [-0.15, -0.1) is 0 Å². The van der Waals surface area contributed by atoms with Gasteiger partial charge in [0.05, 0.1) is 32.3 Å². The summed E-state index contributed by atoms with van der Waals surface area (Å²) in [4.78, 5) is 12.4. The molecule has 1 N–H and O–H groups in total. The van der Waals surface area contributed by atoms with E-state index in [1.807, 2.05) is 6.07 Å². The summed E-state index contributed by atoms with van der Waals surface area (Å²) in [5.74, 6) is 0.180. The number of aromatic nitrogens is 4. The van der Waals surface area contributed by atoms with Gasteiger partial charge in [0.2, 0.25) is 0 Å². The molecule has 3 rings (SSSR count). The highest BCUT2D eigenvalue weighted by atomic mass is 79.9. The molecule has 0 spiro atoms. The van der Waals surface area contributed by atoms with E-state index in [-0.39, 0.29) is 5.91 Å². The molecule has 0 radical (unpaired) electrons. The van der Waals surface area contributed by atoms with Gasteiger partial charge >= 0.3 is 0 Å². The maximum atomic E-state index is 12.4. The molecule has 0 fully saturated rings. The lowest BCUT2D eigenvalue weighted by atomic mass is 10.2. The van der Waals surface area contributed by atoms with Crippen molar-refractivity contribution in [2.45, 2.75) is 13.5 Å². The first-order valence-corrected chi connectivity index (χ1v) is 8.87. The minimum Gasteiger partial charge on any atom is -0.304 e. The van der Waals surface area contributed by atoms with Crippen molar-refractivity contribution >= 4 is 50.9 Å². The number of hydrogen-bond donors (Lipinski definition) is 1. The van der Waals surface area contributed by atoms with Crippen LogP contribution in [0.4, 0.5) is 5.82 Å². The van der Waals surface area contributed by atoms with Gasteiger partial charge in [-0.05, 0) is 40.5 Å². The van der Waals surface area contributed by atoms with Gasteiger partial charge in [0.15, 0.2) is 5.82 Å². The van der Waals surface area contributed by atoms with Gasteiger partial charge < -0.3 is 5.32 Å². The number of aryl methyl sites for hydroxylation is 2. The molecule has 0 saturated heterocycles. The second kappa shape index (κ2) is 7.19. The zero-order chi connectivity index (χ0) is 18.1. The predicted octanol–water partition coefficient (Wildman–Crippen LogP) is 4.29. The molecule has 25 heavy (non-hydrogen) atoms. The van der Waals surface area contributed by atoms with Gasteiger partial charge in [-0.1, -0.05) is 29.3 Å². The number of nitrogens with zero attached hydrogens (tertiary/aromatic N) is 4. The van der Waals surface area contributed by atoms with Crippen molar-refractivity contribution in [2.75, 3.05) is 5.32 Å². The third kappa shape index (κ3) is 4.05. The molecule has 0 aliphatic heterocycles. The van der Waals surface area contributed by atoms with E-state index in [9.17, 15) is 4.79 Å². The van der Waals surface area contributed by atoms with Crippen LogP contribution >= 0.6 is 39.1 Å². The Bertz CT molecular complexity index is 950. The molecule has 2 aromatic heterocycles. The quantitative estimate of drug-likeness (QED) is 0.655. The van der Waals surface area contributed by atoms with Crippen molar-refractivity contribution in [3.05, 3.63) is 61.9 Å². The van der Waals surface area contributed by atoms with Crippen LogP contribution in [0.2, 0.25) is 10.0 Å². The lowest BCUT2D eigenvalue weighted by Gasteiger charge is -2.04. The molecule has 9 heteroatoms. The summed E-state index contributed by atoms with van der Waals surface area (Å²) in [6.45, 7) is 2.28. The van der Waals surface area contributed by atoms with Crippen LogP contribution in [0, 0.1) is 6.92 Å². The summed E-state index contributed by atoms with van der Waals surface area (Å²) in [7, 11) is 1.77. The summed E-state index contributed by atoms with van der Waals surface area (Å²) in [6.07, 6.45) is 3.46. The van der Waals surface area contributed by atoms with Gasteiger partial charge in [0.1, 0.15) is 0 Å². The number of benzene rings is 1. The van der Waals surface area contributed by atoms with Gasteiger partial charge in [-0.3, -0.25) is 14.2 Å². The van der Waals surface area contributed by atoms with Gasteiger partial charge in [-0.25, -0.2) is 0 Å². The molecule has 1 aromatic carbocycles. The third-order valence-electron chi connectivity index (χ3n) is 3.54. The Labute approximate surface area is 162 Å². The molecular formula is C16H14BrCl2N5O. The number of carbonyl (C=O) groups is 1. The van der Waals surface area contributed by atoms with E-state index in [0.29, 0.717) is 38.1 Å². The molecule has 0 aliphatic carbocycles.